The van der Waals surface area contributed by atoms with Gasteiger partial charge in [0.25, 0.3) is 0 Å². The summed E-state index contributed by atoms with van der Waals surface area (Å²) in [5.74, 6) is 1.03. The number of nitrogens with one attached hydrogen (secondary N) is 2. The van der Waals surface area contributed by atoms with Crippen molar-refractivity contribution in [3.8, 4) is 0 Å². The number of thioether (sulfide) groups is 1. The Bertz CT molecular complexity index is 968. The van der Waals surface area contributed by atoms with Gasteiger partial charge in [0, 0.05) is 28.8 Å². The molecule has 0 spiro atoms. The van der Waals surface area contributed by atoms with Crippen molar-refractivity contribution in [3.05, 3.63) is 53.7 Å². The molecule has 0 saturated heterocycles. The monoisotopic (exact) mass is 375 g/mol. The maximum atomic E-state index is 12.8. The highest BCUT2D eigenvalue weighted by molar-refractivity contribution is 7.99. The van der Waals surface area contributed by atoms with Crippen LogP contribution in [-0.4, -0.2) is 17.8 Å². The quantitative estimate of drug-likeness (QED) is 0.617. The lowest BCUT2D eigenvalue weighted by molar-refractivity contribution is -0.137. The summed E-state index contributed by atoms with van der Waals surface area (Å²) in [6.07, 6.45) is -1.65. The first kappa shape index (κ1) is 17.0. The molecule has 2 N–H and O–H groups in total. The van der Waals surface area contributed by atoms with Crippen LogP contribution < -0.4 is 10.6 Å². The van der Waals surface area contributed by atoms with Gasteiger partial charge in [-0.05, 0) is 48.4 Å². The maximum absolute atomic E-state index is 12.8. The zero-order valence-corrected chi connectivity index (χ0v) is 14.8. The predicted octanol–water partition coefficient (Wildman–Crippen LogP) is 5.69. The highest BCUT2D eigenvalue weighted by Crippen LogP contribution is 2.42. The van der Waals surface area contributed by atoms with E-state index in [1.807, 2.05) is 17.8 Å². The lowest BCUT2D eigenvalue weighted by atomic mass is 10.0. The van der Waals surface area contributed by atoms with E-state index in [1.165, 1.54) is 22.6 Å². The number of benzene rings is 2. The number of rotatable bonds is 3. The van der Waals surface area contributed by atoms with Crippen LogP contribution in [0, 0.1) is 0 Å². The van der Waals surface area contributed by atoms with Crippen molar-refractivity contribution < 1.29 is 13.2 Å². The van der Waals surface area contributed by atoms with E-state index >= 15 is 0 Å². The normalized spacial score (nSPS) is 13.7. The fraction of sp³-hybridized carbons (Fsp3) is 0.211. The molecule has 1 aliphatic rings. The van der Waals surface area contributed by atoms with Gasteiger partial charge < -0.3 is 10.6 Å². The van der Waals surface area contributed by atoms with E-state index in [4.69, 9.17) is 0 Å². The average molecular weight is 375 g/mol. The Morgan fingerprint density at radius 1 is 1.08 bits per heavy atom. The Balaban J connectivity index is 1.81. The molecule has 0 fully saturated rings. The van der Waals surface area contributed by atoms with Gasteiger partial charge in [0.1, 0.15) is 0 Å². The van der Waals surface area contributed by atoms with E-state index in [-0.39, 0.29) is 0 Å². The first-order chi connectivity index (χ1) is 12.5. The average Bonchev–Trinajstić information content (AvgIpc) is 3.10. The second-order valence-electron chi connectivity index (χ2n) is 6.03. The Labute approximate surface area is 153 Å². The van der Waals surface area contributed by atoms with Gasteiger partial charge in [-0.2, -0.15) is 13.2 Å². The molecule has 134 valence electrons. The second-order valence-corrected chi connectivity index (χ2v) is 7.17. The number of nitrogens with zero attached hydrogens (tertiary/aromatic N) is 1. The largest absolute Gasteiger partial charge is 0.416 e. The van der Waals surface area contributed by atoms with Crippen molar-refractivity contribution in [1.82, 2.24) is 4.98 Å². The standard InChI is InChI=1S/C19H16F3N3S/c1-23-15-10-24-14-6-7-16-13(8-9-26-16)17(14)18(15)25-12-4-2-11(3-5-12)19(20,21)22/h2-7,10,23H,8-9H2,1H3,(H,24,25). The molecule has 2 aromatic carbocycles. The molecule has 0 atom stereocenters. The summed E-state index contributed by atoms with van der Waals surface area (Å²) in [4.78, 5) is 5.76. The molecule has 7 heteroatoms. The SMILES string of the molecule is CNc1cnc2ccc3c(c2c1Nc1ccc(C(F)(F)F)cc1)CCS3. The zero-order valence-electron chi connectivity index (χ0n) is 13.9. The first-order valence-electron chi connectivity index (χ1n) is 8.17. The topological polar surface area (TPSA) is 37.0 Å². The van der Waals surface area contributed by atoms with E-state index in [1.54, 1.807) is 13.2 Å². The minimum atomic E-state index is -4.34. The van der Waals surface area contributed by atoms with Gasteiger partial charge in [-0.3, -0.25) is 4.98 Å². The Morgan fingerprint density at radius 3 is 2.54 bits per heavy atom. The molecule has 0 bridgehead atoms. The molecule has 0 amide bonds. The molecule has 1 aromatic heterocycles. The van der Waals surface area contributed by atoms with Crippen molar-refractivity contribution in [2.24, 2.45) is 0 Å². The zero-order chi connectivity index (χ0) is 18.3. The molecule has 4 rings (SSSR count). The van der Waals surface area contributed by atoms with E-state index in [0.717, 1.165) is 46.6 Å². The Kier molecular flexibility index (Phi) is 4.19. The van der Waals surface area contributed by atoms with E-state index in [9.17, 15) is 13.2 Å². The molecule has 0 unspecified atom stereocenters. The number of hydrogen-bond donors (Lipinski definition) is 2. The minimum absolute atomic E-state index is 0.602. The van der Waals surface area contributed by atoms with Crippen LogP contribution in [0.4, 0.5) is 30.2 Å². The summed E-state index contributed by atoms with van der Waals surface area (Å²) >= 11 is 1.81. The van der Waals surface area contributed by atoms with Gasteiger partial charge in [-0.25, -0.2) is 0 Å². The third kappa shape index (κ3) is 2.96. The predicted molar refractivity (Wildman–Crippen MR) is 100 cm³/mol. The molecule has 0 radical (unpaired) electrons. The molecular formula is C19H16F3N3S. The number of fused-ring (bicyclic) bond motifs is 3. The third-order valence-electron chi connectivity index (χ3n) is 4.46. The van der Waals surface area contributed by atoms with Crippen LogP contribution in [0.3, 0.4) is 0 Å². The van der Waals surface area contributed by atoms with Crippen molar-refractivity contribution in [2.45, 2.75) is 17.5 Å². The van der Waals surface area contributed by atoms with Crippen LogP contribution in [0.25, 0.3) is 10.9 Å². The van der Waals surface area contributed by atoms with Gasteiger partial charge in [-0.15, -0.1) is 11.8 Å². The van der Waals surface area contributed by atoms with Crippen LogP contribution >= 0.6 is 11.8 Å². The van der Waals surface area contributed by atoms with Crippen LogP contribution in [0.1, 0.15) is 11.1 Å². The number of hydrogen-bond acceptors (Lipinski definition) is 4. The molecule has 26 heavy (non-hydrogen) atoms. The second kappa shape index (κ2) is 6.39. The van der Waals surface area contributed by atoms with Crippen molar-refractivity contribution >= 4 is 39.7 Å². The number of pyridine rings is 1. The van der Waals surface area contributed by atoms with E-state index in [0.29, 0.717) is 5.69 Å². The van der Waals surface area contributed by atoms with Crippen molar-refractivity contribution in [2.75, 3.05) is 23.4 Å². The molecule has 0 saturated carbocycles. The number of aromatic nitrogens is 1. The maximum Gasteiger partial charge on any atom is 0.416 e. The highest BCUT2D eigenvalue weighted by atomic mass is 32.2. The lowest BCUT2D eigenvalue weighted by Gasteiger charge is -2.17. The molecule has 1 aliphatic heterocycles. The van der Waals surface area contributed by atoms with Gasteiger partial charge in [0.2, 0.25) is 0 Å². The van der Waals surface area contributed by atoms with Crippen LogP contribution in [0.5, 0.6) is 0 Å². The number of aryl methyl sites for hydroxylation is 1. The summed E-state index contributed by atoms with van der Waals surface area (Å²) in [6, 6.07) is 9.15. The fourth-order valence-electron chi connectivity index (χ4n) is 3.19. The lowest BCUT2D eigenvalue weighted by Crippen LogP contribution is -2.05. The van der Waals surface area contributed by atoms with Crippen molar-refractivity contribution in [3.63, 3.8) is 0 Å². The summed E-state index contributed by atoms with van der Waals surface area (Å²) in [7, 11) is 1.80. The molecular weight excluding hydrogens is 359 g/mol. The summed E-state index contributed by atoms with van der Waals surface area (Å²) in [5, 5.41) is 7.45. The Hall–Kier alpha value is -2.41. The first-order valence-corrected chi connectivity index (χ1v) is 9.15. The van der Waals surface area contributed by atoms with Crippen LogP contribution in [0.15, 0.2) is 47.5 Å². The van der Waals surface area contributed by atoms with Gasteiger partial charge in [0.05, 0.1) is 28.7 Å². The summed E-state index contributed by atoms with van der Waals surface area (Å²) < 4.78 is 38.3. The van der Waals surface area contributed by atoms with Crippen LogP contribution in [0.2, 0.25) is 0 Å². The molecule has 3 aromatic rings. The third-order valence-corrected chi connectivity index (χ3v) is 5.56. The molecule has 2 heterocycles. The van der Waals surface area contributed by atoms with E-state index in [2.05, 4.69) is 21.7 Å². The van der Waals surface area contributed by atoms with Gasteiger partial charge in [-0.1, -0.05) is 0 Å². The number of halogens is 3. The fourth-order valence-corrected chi connectivity index (χ4v) is 4.26. The smallest absolute Gasteiger partial charge is 0.385 e. The summed E-state index contributed by atoms with van der Waals surface area (Å²) in [6.45, 7) is 0. The van der Waals surface area contributed by atoms with E-state index < -0.39 is 11.7 Å². The van der Waals surface area contributed by atoms with Crippen LogP contribution in [-0.2, 0) is 12.6 Å². The highest BCUT2D eigenvalue weighted by Gasteiger charge is 2.30. The minimum Gasteiger partial charge on any atom is -0.385 e. The summed E-state index contributed by atoms with van der Waals surface area (Å²) in [5.41, 5.74) is 3.71. The molecule has 3 nitrogen and oxygen atoms in total. The van der Waals surface area contributed by atoms with Crippen molar-refractivity contribution in [1.29, 1.82) is 0 Å². The number of alkyl halides is 3. The number of anilines is 3. The Morgan fingerprint density at radius 2 is 1.85 bits per heavy atom. The molecule has 0 aliphatic carbocycles. The van der Waals surface area contributed by atoms with Gasteiger partial charge >= 0.3 is 6.18 Å². The van der Waals surface area contributed by atoms with Gasteiger partial charge in [0.15, 0.2) is 0 Å².